The van der Waals surface area contributed by atoms with Gasteiger partial charge in [0.2, 0.25) is 0 Å². The average molecular weight is 235 g/mol. The van der Waals surface area contributed by atoms with Gasteiger partial charge in [-0.3, -0.25) is 0 Å². The van der Waals surface area contributed by atoms with Crippen molar-refractivity contribution in [3.8, 4) is 0 Å². The zero-order valence-corrected chi connectivity index (χ0v) is 9.62. The van der Waals surface area contributed by atoms with Crippen LogP contribution in [0.1, 0.15) is 13.8 Å². The standard InChI is InChI=1S/C11H13N3O3/c1-3-17-10(15)11(2,16)14-9-7-5-4-6-8(9)12-13-14/h4-7,16H,3H2,1-2H3. The highest BCUT2D eigenvalue weighted by Crippen LogP contribution is 2.19. The fraction of sp³-hybridized carbons (Fsp3) is 0.364. The molecule has 0 saturated carbocycles. The predicted molar refractivity (Wildman–Crippen MR) is 60.0 cm³/mol. The summed E-state index contributed by atoms with van der Waals surface area (Å²) in [6.07, 6.45) is 0. The monoisotopic (exact) mass is 235 g/mol. The van der Waals surface area contributed by atoms with Crippen LogP contribution in [0.5, 0.6) is 0 Å². The van der Waals surface area contributed by atoms with Crippen molar-refractivity contribution in [1.29, 1.82) is 0 Å². The molecule has 2 rings (SSSR count). The second kappa shape index (κ2) is 4.14. The summed E-state index contributed by atoms with van der Waals surface area (Å²) in [6, 6.07) is 7.06. The van der Waals surface area contributed by atoms with Crippen molar-refractivity contribution < 1.29 is 14.6 Å². The number of carbonyl (C=O) groups is 1. The van der Waals surface area contributed by atoms with E-state index in [1.165, 1.54) is 6.92 Å². The van der Waals surface area contributed by atoms with Crippen LogP contribution in [0.2, 0.25) is 0 Å². The van der Waals surface area contributed by atoms with Crippen LogP contribution in [0.15, 0.2) is 24.3 Å². The number of hydrogen-bond donors (Lipinski definition) is 1. The van der Waals surface area contributed by atoms with E-state index >= 15 is 0 Å². The summed E-state index contributed by atoms with van der Waals surface area (Å²) in [6.45, 7) is 3.20. The van der Waals surface area contributed by atoms with Crippen molar-refractivity contribution in [2.75, 3.05) is 6.61 Å². The fourth-order valence-corrected chi connectivity index (χ4v) is 1.54. The lowest BCUT2D eigenvalue weighted by atomic mass is 10.2. The highest BCUT2D eigenvalue weighted by atomic mass is 16.6. The third kappa shape index (κ3) is 1.87. The molecule has 1 aromatic carbocycles. The van der Waals surface area contributed by atoms with Gasteiger partial charge in [-0.15, -0.1) is 5.10 Å². The van der Waals surface area contributed by atoms with E-state index in [1.54, 1.807) is 31.2 Å². The molecule has 0 saturated heterocycles. The summed E-state index contributed by atoms with van der Waals surface area (Å²) in [5, 5.41) is 17.8. The highest BCUT2D eigenvalue weighted by molar-refractivity contribution is 5.81. The van der Waals surface area contributed by atoms with E-state index in [0.717, 1.165) is 4.68 Å². The van der Waals surface area contributed by atoms with Gasteiger partial charge in [0.1, 0.15) is 5.52 Å². The van der Waals surface area contributed by atoms with E-state index < -0.39 is 11.7 Å². The van der Waals surface area contributed by atoms with Crippen LogP contribution in [-0.4, -0.2) is 32.7 Å². The molecule has 1 N–H and O–H groups in total. The van der Waals surface area contributed by atoms with Crippen LogP contribution < -0.4 is 0 Å². The van der Waals surface area contributed by atoms with Crippen molar-refractivity contribution in [2.45, 2.75) is 19.6 Å². The van der Waals surface area contributed by atoms with Gasteiger partial charge in [0.05, 0.1) is 12.1 Å². The number of ether oxygens (including phenoxy) is 1. The van der Waals surface area contributed by atoms with Crippen molar-refractivity contribution >= 4 is 17.0 Å². The Morgan fingerprint density at radius 3 is 2.94 bits per heavy atom. The minimum Gasteiger partial charge on any atom is -0.462 e. The van der Waals surface area contributed by atoms with Crippen LogP contribution in [0.25, 0.3) is 11.0 Å². The van der Waals surface area contributed by atoms with Gasteiger partial charge in [-0.1, -0.05) is 17.3 Å². The number of hydrogen-bond acceptors (Lipinski definition) is 5. The SMILES string of the molecule is CCOC(=O)C(C)(O)n1nnc2ccccc21. The van der Waals surface area contributed by atoms with Gasteiger partial charge >= 0.3 is 5.97 Å². The number of aliphatic hydroxyl groups is 1. The zero-order valence-electron chi connectivity index (χ0n) is 9.62. The van der Waals surface area contributed by atoms with Crippen LogP contribution in [0.3, 0.4) is 0 Å². The first kappa shape index (κ1) is 11.5. The number of benzene rings is 1. The van der Waals surface area contributed by atoms with Gasteiger partial charge < -0.3 is 9.84 Å². The van der Waals surface area contributed by atoms with Crippen molar-refractivity contribution in [2.24, 2.45) is 0 Å². The maximum atomic E-state index is 11.6. The molecule has 1 heterocycles. The fourth-order valence-electron chi connectivity index (χ4n) is 1.54. The minimum absolute atomic E-state index is 0.196. The molecule has 6 heteroatoms. The summed E-state index contributed by atoms with van der Waals surface area (Å²) < 4.78 is 5.95. The molecule has 0 aliphatic heterocycles. The Labute approximate surface area is 97.8 Å². The van der Waals surface area contributed by atoms with E-state index in [-0.39, 0.29) is 6.61 Å². The topological polar surface area (TPSA) is 77.2 Å². The first-order chi connectivity index (χ1) is 8.07. The number of nitrogens with zero attached hydrogens (tertiary/aromatic N) is 3. The second-order valence-electron chi connectivity index (χ2n) is 3.73. The van der Waals surface area contributed by atoms with E-state index in [4.69, 9.17) is 4.74 Å². The molecule has 0 aliphatic rings. The molecule has 0 amide bonds. The zero-order chi connectivity index (χ0) is 12.5. The molecular weight excluding hydrogens is 222 g/mol. The van der Waals surface area contributed by atoms with Crippen LogP contribution in [-0.2, 0) is 15.3 Å². The van der Waals surface area contributed by atoms with Crippen LogP contribution in [0, 0.1) is 0 Å². The molecular formula is C11H13N3O3. The summed E-state index contributed by atoms with van der Waals surface area (Å²) in [5.74, 6) is -0.754. The maximum Gasteiger partial charge on any atom is 0.361 e. The van der Waals surface area contributed by atoms with E-state index in [9.17, 15) is 9.90 Å². The second-order valence-corrected chi connectivity index (χ2v) is 3.73. The minimum atomic E-state index is -1.86. The first-order valence-electron chi connectivity index (χ1n) is 5.28. The van der Waals surface area contributed by atoms with Gasteiger partial charge in [0.25, 0.3) is 5.72 Å². The van der Waals surface area contributed by atoms with Gasteiger partial charge in [-0.05, 0) is 26.0 Å². The normalized spacial score (nSPS) is 14.5. The number of fused-ring (bicyclic) bond motifs is 1. The molecule has 6 nitrogen and oxygen atoms in total. The van der Waals surface area contributed by atoms with E-state index in [1.807, 2.05) is 0 Å². The smallest absolute Gasteiger partial charge is 0.361 e. The molecule has 0 aliphatic carbocycles. The quantitative estimate of drug-likeness (QED) is 0.791. The summed E-state index contributed by atoms with van der Waals surface area (Å²) >= 11 is 0. The third-order valence-electron chi connectivity index (χ3n) is 2.43. The Bertz CT molecular complexity index is 548. The number of rotatable bonds is 3. The van der Waals surface area contributed by atoms with Crippen molar-refractivity contribution in [3.05, 3.63) is 24.3 Å². The van der Waals surface area contributed by atoms with Crippen LogP contribution in [0.4, 0.5) is 0 Å². The van der Waals surface area contributed by atoms with Crippen LogP contribution >= 0.6 is 0 Å². The largest absolute Gasteiger partial charge is 0.462 e. The number of aromatic nitrogens is 3. The number of para-hydroxylation sites is 1. The van der Waals surface area contributed by atoms with E-state index in [2.05, 4.69) is 10.3 Å². The molecule has 1 aromatic heterocycles. The van der Waals surface area contributed by atoms with Gasteiger partial charge in [-0.25, -0.2) is 9.48 Å². The highest BCUT2D eigenvalue weighted by Gasteiger charge is 2.36. The predicted octanol–water partition coefficient (Wildman–Crippen LogP) is 0.659. The Balaban J connectivity index is 2.48. The van der Waals surface area contributed by atoms with Gasteiger partial charge in [0, 0.05) is 0 Å². The van der Waals surface area contributed by atoms with Gasteiger partial charge in [-0.2, -0.15) is 0 Å². The molecule has 2 aromatic rings. The molecule has 1 atom stereocenters. The molecule has 1 unspecified atom stereocenters. The molecule has 0 spiro atoms. The molecule has 0 fully saturated rings. The Morgan fingerprint density at radius 2 is 2.24 bits per heavy atom. The summed E-state index contributed by atoms with van der Waals surface area (Å²) in [4.78, 5) is 11.6. The number of esters is 1. The molecule has 17 heavy (non-hydrogen) atoms. The molecule has 0 radical (unpaired) electrons. The van der Waals surface area contributed by atoms with Crippen molar-refractivity contribution in [3.63, 3.8) is 0 Å². The lowest BCUT2D eigenvalue weighted by Gasteiger charge is -2.21. The Hall–Kier alpha value is -1.95. The van der Waals surface area contributed by atoms with Crippen molar-refractivity contribution in [1.82, 2.24) is 15.0 Å². The van der Waals surface area contributed by atoms with Gasteiger partial charge in [0.15, 0.2) is 0 Å². The molecule has 90 valence electrons. The summed E-state index contributed by atoms with van der Waals surface area (Å²) in [7, 11) is 0. The lowest BCUT2D eigenvalue weighted by molar-refractivity contribution is -0.175. The molecule has 0 bridgehead atoms. The number of carbonyl (C=O) groups excluding carboxylic acids is 1. The lowest BCUT2D eigenvalue weighted by Crippen LogP contribution is -2.41. The first-order valence-corrected chi connectivity index (χ1v) is 5.28. The third-order valence-corrected chi connectivity index (χ3v) is 2.43. The Morgan fingerprint density at radius 1 is 1.53 bits per heavy atom. The summed E-state index contributed by atoms with van der Waals surface area (Å²) in [5.41, 5.74) is -0.672. The Kier molecular flexibility index (Phi) is 2.81. The average Bonchev–Trinajstić information content (AvgIpc) is 2.73. The van der Waals surface area contributed by atoms with E-state index in [0.29, 0.717) is 11.0 Å². The maximum absolute atomic E-state index is 11.6.